The van der Waals surface area contributed by atoms with E-state index >= 15 is 0 Å². The molecule has 4 nitrogen and oxygen atoms in total. The first-order chi connectivity index (χ1) is 8.71. The molecule has 3 heterocycles. The van der Waals surface area contributed by atoms with E-state index < -0.39 is 0 Å². The van der Waals surface area contributed by atoms with Gasteiger partial charge >= 0.3 is 0 Å². The average Bonchev–Trinajstić information content (AvgIpc) is 2.84. The van der Waals surface area contributed by atoms with Gasteiger partial charge in [0.15, 0.2) is 0 Å². The van der Waals surface area contributed by atoms with Crippen LogP contribution in [-0.4, -0.2) is 29.5 Å². The number of anilines is 1. The summed E-state index contributed by atoms with van der Waals surface area (Å²) in [6, 6.07) is 3.94. The third kappa shape index (κ3) is 2.03. The fourth-order valence-corrected chi connectivity index (χ4v) is 3.30. The smallest absolute Gasteiger partial charge is 0.247 e. The Kier molecular flexibility index (Phi) is 3.27. The lowest BCUT2D eigenvalue weighted by molar-refractivity contribution is -0.126. The van der Waals surface area contributed by atoms with E-state index in [0.29, 0.717) is 0 Å². The molecule has 1 N–H and O–H groups in total. The topological polar surface area (TPSA) is 45.2 Å². The maximum Gasteiger partial charge on any atom is 0.247 e. The molecule has 2 fully saturated rings. The molecule has 0 aromatic carbocycles. The Bertz CT molecular complexity index is 454. The summed E-state index contributed by atoms with van der Waals surface area (Å²) < 4.78 is 0.953. The Hall–Kier alpha value is -0.690. The van der Waals surface area contributed by atoms with Gasteiger partial charge in [-0.05, 0) is 67.0 Å². The van der Waals surface area contributed by atoms with Gasteiger partial charge in [-0.25, -0.2) is 4.98 Å². The first-order valence-corrected chi connectivity index (χ1v) is 7.48. The van der Waals surface area contributed by atoms with Crippen LogP contribution in [0.15, 0.2) is 18.3 Å². The lowest BCUT2D eigenvalue weighted by atomic mass is 9.86. The summed E-state index contributed by atoms with van der Waals surface area (Å²) in [5, 5.41) is 3.42. The number of hydrogen-bond donors (Lipinski definition) is 1. The summed E-state index contributed by atoms with van der Waals surface area (Å²) in [7, 11) is 0. The molecule has 0 bridgehead atoms. The lowest BCUT2D eigenvalue weighted by Gasteiger charge is -2.39. The molecule has 1 spiro atoms. The van der Waals surface area contributed by atoms with Gasteiger partial charge in [-0.2, -0.15) is 0 Å². The third-order valence-corrected chi connectivity index (χ3v) is 4.55. The predicted octanol–water partition coefficient (Wildman–Crippen LogP) is 1.94. The van der Waals surface area contributed by atoms with E-state index in [-0.39, 0.29) is 11.4 Å². The zero-order chi connectivity index (χ0) is 12.6. The number of aromatic nitrogens is 1. The highest BCUT2D eigenvalue weighted by Gasteiger charge is 2.45. The van der Waals surface area contributed by atoms with Crippen molar-refractivity contribution >= 4 is 34.2 Å². The molecule has 2 aliphatic heterocycles. The summed E-state index contributed by atoms with van der Waals surface area (Å²) in [4.78, 5) is 18.8. The summed E-state index contributed by atoms with van der Waals surface area (Å²) in [5.74, 6) is 0.231. The molecule has 5 heteroatoms. The molecule has 3 rings (SSSR count). The maximum absolute atomic E-state index is 12.7. The number of nitrogens with zero attached hydrogens (tertiary/aromatic N) is 2. The molecular weight excluding hydrogens is 341 g/mol. The summed E-state index contributed by atoms with van der Waals surface area (Å²) in [6.07, 6.45) is 5.91. The number of nitrogens with one attached hydrogen (secondary N) is 1. The number of amides is 1. The Balaban J connectivity index is 1.88. The molecule has 0 saturated carbocycles. The highest BCUT2D eigenvalue weighted by atomic mass is 127. The Labute approximate surface area is 120 Å². The van der Waals surface area contributed by atoms with Crippen molar-refractivity contribution in [2.24, 2.45) is 0 Å². The minimum atomic E-state index is -0.290. The second-order valence-electron chi connectivity index (χ2n) is 5.01. The molecule has 0 radical (unpaired) electrons. The quantitative estimate of drug-likeness (QED) is 0.617. The van der Waals surface area contributed by atoms with Crippen molar-refractivity contribution < 1.29 is 4.79 Å². The van der Waals surface area contributed by atoms with Crippen molar-refractivity contribution in [1.82, 2.24) is 10.3 Å². The van der Waals surface area contributed by atoms with Crippen LogP contribution in [0.5, 0.6) is 0 Å². The first kappa shape index (κ1) is 12.3. The Morgan fingerprint density at radius 2 is 2.17 bits per heavy atom. The van der Waals surface area contributed by atoms with Gasteiger partial charge in [-0.3, -0.25) is 4.79 Å². The molecule has 1 aromatic rings. The molecular formula is C13H16IN3O. The minimum absolute atomic E-state index is 0.231. The Morgan fingerprint density at radius 1 is 1.33 bits per heavy atom. The van der Waals surface area contributed by atoms with Crippen LogP contribution in [0.25, 0.3) is 0 Å². The van der Waals surface area contributed by atoms with Crippen LogP contribution in [0.2, 0.25) is 0 Å². The van der Waals surface area contributed by atoms with E-state index in [9.17, 15) is 4.79 Å². The van der Waals surface area contributed by atoms with Crippen molar-refractivity contribution in [2.75, 3.05) is 18.0 Å². The third-order valence-electron chi connectivity index (χ3n) is 3.91. The van der Waals surface area contributed by atoms with Gasteiger partial charge in [-0.15, -0.1) is 0 Å². The fraction of sp³-hybridized carbons (Fsp3) is 0.538. The van der Waals surface area contributed by atoms with Crippen molar-refractivity contribution in [3.8, 4) is 0 Å². The van der Waals surface area contributed by atoms with Crippen molar-refractivity contribution in [3.05, 3.63) is 22.0 Å². The standard InChI is InChI=1S/C13H16IN3O/c14-11-4-3-10(9-15-11)17-8-2-6-13(12(17)18)5-1-7-16-13/h3-4,9,16H,1-2,5-8H2. The van der Waals surface area contributed by atoms with Gasteiger partial charge < -0.3 is 10.2 Å². The van der Waals surface area contributed by atoms with E-state index in [1.807, 2.05) is 17.0 Å². The van der Waals surface area contributed by atoms with Crippen molar-refractivity contribution in [1.29, 1.82) is 0 Å². The number of rotatable bonds is 1. The van der Waals surface area contributed by atoms with Gasteiger partial charge in [0, 0.05) is 6.54 Å². The summed E-state index contributed by atoms with van der Waals surface area (Å²) >= 11 is 2.18. The van der Waals surface area contributed by atoms with E-state index in [1.54, 1.807) is 6.20 Å². The molecule has 2 saturated heterocycles. The monoisotopic (exact) mass is 357 g/mol. The van der Waals surface area contributed by atoms with E-state index in [2.05, 4.69) is 32.9 Å². The van der Waals surface area contributed by atoms with Gasteiger partial charge in [0.05, 0.1) is 17.4 Å². The summed E-state index contributed by atoms with van der Waals surface area (Å²) in [5.41, 5.74) is 0.634. The van der Waals surface area contributed by atoms with Gasteiger partial charge in [0.1, 0.15) is 3.70 Å². The number of pyridine rings is 1. The number of carbonyl (C=O) groups is 1. The van der Waals surface area contributed by atoms with Crippen LogP contribution in [-0.2, 0) is 4.79 Å². The van der Waals surface area contributed by atoms with Crippen LogP contribution < -0.4 is 10.2 Å². The predicted molar refractivity (Wildman–Crippen MR) is 78.5 cm³/mol. The van der Waals surface area contributed by atoms with E-state index in [4.69, 9.17) is 0 Å². The van der Waals surface area contributed by atoms with Gasteiger partial charge in [0.2, 0.25) is 5.91 Å². The molecule has 1 atom stereocenters. The lowest BCUT2D eigenvalue weighted by Crippen LogP contribution is -2.58. The van der Waals surface area contributed by atoms with Crippen LogP contribution in [0.3, 0.4) is 0 Å². The maximum atomic E-state index is 12.7. The molecule has 96 valence electrons. The SMILES string of the molecule is O=C1N(c2ccc(I)nc2)CCCC12CCCN2. The van der Waals surface area contributed by atoms with Crippen LogP contribution in [0, 0.1) is 3.70 Å². The van der Waals surface area contributed by atoms with Crippen LogP contribution >= 0.6 is 22.6 Å². The zero-order valence-corrected chi connectivity index (χ0v) is 12.3. The normalized spacial score (nSPS) is 28.1. The van der Waals surface area contributed by atoms with Crippen LogP contribution in [0.4, 0.5) is 5.69 Å². The fourth-order valence-electron chi connectivity index (χ4n) is 2.98. The molecule has 1 amide bonds. The molecule has 2 aliphatic rings. The second-order valence-corrected chi connectivity index (χ2v) is 6.12. The van der Waals surface area contributed by atoms with Crippen LogP contribution in [0.1, 0.15) is 25.7 Å². The highest BCUT2D eigenvalue weighted by Crippen LogP contribution is 2.33. The molecule has 1 unspecified atom stereocenters. The Morgan fingerprint density at radius 3 is 2.83 bits per heavy atom. The largest absolute Gasteiger partial charge is 0.309 e. The summed E-state index contributed by atoms with van der Waals surface area (Å²) in [6.45, 7) is 1.77. The molecule has 1 aromatic heterocycles. The molecule has 0 aliphatic carbocycles. The number of piperidine rings is 1. The van der Waals surface area contributed by atoms with E-state index in [1.165, 1.54) is 0 Å². The number of halogens is 1. The van der Waals surface area contributed by atoms with Gasteiger partial charge in [-0.1, -0.05) is 0 Å². The van der Waals surface area contributed by atoms with Crippen molar-refractivity contribution in [2.45, 2.75) is 31.2 Å². The van der Waals surface area contributed by atoms with E-state index in [0.717, 1.165) is 48.2 Å². The highest BCUT2D eigenvalue weighted by molar-refractivity contribution is 14.1. The number of carbonyl (C=O) groups excluding carboxylic acids is 1. The van der Waals surface area contributed by atoms with Crippen molar-refractivity contribution in [3.63, 3.8) is 0 Å². The number of hydrogen-bond acceptors (Lipinski definition) is 3. The molecule has 18 heavy (non-hydrogen) atoms. The van der Waals surface area contributed by atoms with Gasteiger partial charge in [0.25, 0.3) is 0 Å². The average molecular weight is 357 g/mol. The zero-order valence-electron chi connectivity index (χ0n) is 10.2. The minimum Gasteiger partial charge on any atom is -0.309 e. The first-order valence-electron chi connectivity index (χ1n) is 6.40. The second kappa shape index (κ2) is 4.77.